The lowest BCUT2D eigenvalue weighted by atomic mass is 10.1. The highest BCUT2D eigenvalue weighted by Gasteiger charge is 2.23. The minimum Gasteiger partial charge on any atom is -0.319 e. The van der Waals surface area contributed by atoms with Crippen LogP contribution in [0.2, 0.25) is 0 Å². The number of thiophene rings is 1. The smallest absolute Gasteiger partial charge is 0.295 e. The minimum absolute atomic E-state index is 0.0247. The molecule has 4 rings (SSSR count). The van der Waals surface area contributed by atoms with Gasteiger partial charge in [-0.3, -0.25) is 4.79 Å². The van der Waals surface area contributed by atoms with Crippen molar-refractivity contribution in [2.75, 3.05) is 5.32 Å². The van der Waals surface area contributed by atoms with E-state index in [0.29, 0.717) is 11.5 Å². The van der Waals surface area contributed by atoms with E-state index in [1.807, 2.05) is 47.8 Å². The Morgan fingerprint density at radius 2 is 1.76 bits per heavy atom. The molecule has 0 saturated heterocycles. The van der Waals surface area contributed by atoms with E-state index < -0.39 is 21.5 Å². The summed E-state index contributed by atoms with van der Waals surface area (Å²) in [5.74, 6) is -0.0174. The first kappa shape index (κ1) is 22.8. The van der Waals surface area contributed by atoms with Crippen LogP contribution in [0.5, 0.6) is 0 Å². The highest BCUT2D eigenvalue weighted by molar-refractivity contribution is 7.89. The summed E-state index contributed by atoms with van der Waals surface area (Å²) >= 11 is 1.49. The molecular weight excluding hydrogens is 458 g/mol. The van der Waals surface area contributed by atoms with Crippen LogP contribution in [0.4, 0.5) is 5.69 Å². The molecule has 2 aromatic heterocycles. The molecule has 0 bridgehead atoms. The summed E-state index contributed by atoms with van der Waals surface area (Å²) in [6.45, 7) is 5.28. The van der Waals surface area contributed by atoms with Crippen LogP contribution < -0.4 is 10.0 Å². The Hall–Kier alpha value is -3.34. The van der Waals surface area contributed by atoms with Gasteiger partial charge in [0.1, 0.15) is 0 Å². The van der Waals surface area contributed by atoms with E-state index in [9.17, 15) is 13.2 Å². The van der Waals surface area contributed by atoms with Gasteiger partial charge in [-0.1, -0.05) is 30.3 Å². The van der Waals surface area contributed by atoms with Gasteiger partial charge < -0.3 is 5.32 Å². The van der Waals surface area contributed by atoms with Crippen molar-refractivity contribution in [3.05, 3.63) is 77.9 Å². The number of amides is 1. The van der Waals surface area contributed by atoms with Crippen molar-refractivity contribution in [3.63, 3.8) is 0 Å². The molecule has 10 heteroatoms. The normalized spacial score (nSPS) is 12.0. The summed E-state index contributed by atoms with van der Waals surface area (Å²) in [6, 6.07) is 19.3. The SMILES string of the molecule is CC(C)(C)NS(=O)(=O)c1cccc(NC(=O)c2nc(-c3cccs3)n(-c3ccccc3)n2)c1. The predicted molar refractivity (Wildman–Crippen MR) is 129 cm³/mol. The zero-order valence-corrected chi connectivity index (χ0v) is 19.9. The fourth-order valence-electron chi connectivity index (χ4n) is 3.11. The zero-order chi connectivity index (χ0) is 23.6. The standard InChI is InChI=1S/C23H23N5O3S2/c1-23(2,3)27-33(30,31)18-12-7-9-16(15-18)24-22(29)20-25-21(19-13-8-14-32-19)28(26-20)17-10-5-4-6-11-17/h4-15,27H,1-3H3,(H,24,29). The number of aromatic nitrogens is 3. The lowest BCUT2D eigenvalue weighted by Gasteiger charge is -2.20. The lowest BCUT2D eigenvalue weighted by molar-refractivity contribution is 0.101. The van der Waals surface area contributed by atoms with Gasteiger partial charge in [0.05, 0.1) is 15.5 Å². The van der Waals surface area contributed by atoms with Gasteiger partial charge in [0.2, 0.25) is 15.8 Å². The molecule has 2 N–H and O–H groups in total. The van der Waals surface area contributed by atoms with Crippen LogP contribution >= 0.6 is 11.3 Å². The first-order valence-corrected chi connectivity index (χ1v) is 12.5. The first-order chi connectivity index (χ1) is 15.6. The highest BCUT2D eigenvalue weighted by atomic mass is 32.2. The lowest BCUT2D eigenvalue weighted by Crippen LogP contribution is -2.40. The van der Waals surface area contributed by atoms with Crippen LogP contribution in [-0.2, 0) is 10.0 Å². The monoisotopic (exact) mass is 481 g/mol. The maximum atomic E-state index is 13.0. The molecule has 1 amide bonds. The summed E-state index contributed by atoms with van der Waals surface area (Å²) in [5, 5.41) is 9.05. The maximum absolute atomic E-state index is 13.0. The molecule has 33 heavy (non-hydrogen) atoms. The van der Waals surface area contributed by atoms with Gasteiger partial charge in [-0.2, -0.15) is 0 Å². The van der Waals surface area contributed by atoms with Crippen LogP contribution in [0.1, 0.15) is 31.4 Å². The average Bonchev–Trinajstić information content (AvgIpc) is 3.43. The number of hydrogen-bond donors (Lipinski definition) is 2. The third-order valence-electron chi connectivity index (χ3n) is 4.40. The third-order valence-corrected chi connectivity index (χ3v) is 7.02. The number of anilines is 1. The molecule has 2 aromatic carbocycles. The third kappa shape index (κ3) is 5.36. The molecule has 0 saturated carbocycles. The summed E-state index contributed by atoms with van der Waals surface area (Å²) in [4.78, 5) is 18.3. The van der Waals surface area contributed by atoms with Gasteiger partial charge in [-0.15, -0.1) is 16.4 Å². The van der Waals surface area contributed by atoms with Crippen molar-refractivity contribution in [1.29, 1.82) is 0 Å². The second-order valence-electron chi connectivity index (χ2n) is 8.32. The van der Waals surface area contributed by atoms with Gasteiger partial charge in [-0.05, 0) is 62.5 Å². The Labute approximate surface area is 196 Å². The van der Waals surface area contributed by atoms with Crippen molar-refractivity contribution in [3.8, 4) is 16.4 Å². The van der Waals surface area contributed by atoms with Crippen molar-refractivity contribution in [1.82, 2.24) is 19.5 Å². The molecule has 0 radical (unpaired) electrons. The van der Waals surface area contributed by atoms with E-state index >= 15 is 0 Å². The quantitative estimate of drug-likeness (QED) is 0.427. The Bertz CT molecular complexity index is 1370. The molecular formula is C23H23N5O3S2. The van der Waals surface area contributed by atoms with Crippen LogP contribution in [-0.4, -0.2) is 34.6 Å². The number of hydrogen-bond acceptors (Lipinski definition) is 6. The van der Waals surface area contributed by atoms with Crippen molar-refractivity contribution in [2.24, 2.45) is 0 Å². The molecule has 0 fully saturated rings. The zero-order valence-electron chi connectivity index (χ0n) is 18.3. The molecule has 2 heterocycles. The van der Waals surface area contributed by atoms with E-state index in [1.54, 1.807) is 37.6 Å². The fraction of sp³-hybridized carbons (Fsp3) is 0.174. The molecule has 4 aromatic rings. The highest BCUT2D eigenvalue weighted by Crippen LogP contribution is 2.26. The number of sulfonamides is 1. The van der Waals surface area contributed by atoms with Gasteiger partial charge in [-0.25, -0.2) is 22.8 Å². The fourth-order valence-corrected chi connectivity index (χ4v) is 5.28. The van der Waals surface area contributed by atoms with Gasteiger partial charge in [0.25, 0.3) is 5.91 Å². The van der Waals surface area contributed by atoms with E-state index in [0.717, 1.165) is 10.6 Å². The molecule has 0 aliphatic carbocycles. The summed E-state index contributed by atoms with van der Waals surface area (Å²) in [5.41, 5.74) is 0.462. The Morgan fingerprint density at radius 3 is 2.42 bits per heavy atom. The molecule has 0 aliphatic rings. The van der Waals surface area contributed by atoms with Crippen LogP contribution in [0.3, 0.4) is 0 Å². The number of rotatable bonds is 6. The Morgan fingerprint density at radius 1 is 1.00 bits per heavy atom. The maximum Gasteiger partial charge on any atom is 0.295 e. The van der Waals surface area contributed by atoms with Crippen LogP contribution in [0, 0.1) is 0 Å². The van der Waals surface area contributed by atoms with Crippen molar-refractivity contribution < 1.29 is 13.2 Å². The molecule has 0 spiro atoms. The number of para-hydroxylation sites is 1. The first-order valence-electron chi connectivity index (χ1n) is 10.1. The second kappa shape index (κ2) is 8.89. The van der Waals surface area contributed by atoms with E-state index in [-0.39, 0.29) is 10.7 Å². The summed E-state index contributed by atoms with van der Waals surface area (Å²) in [7, 11) is -3.74. The number of nitrogens with zero attached hydrogens (tertiary/aromatic N) is 3. The molecule has 170 valence electrons. The van der Waals surface area contributed by atoms with E-state index in [2.05, 4.69) is 20.1 Å². The second-order valence-corrected chi connectivity index (χ2v) is 11.0. The van der Waals surface area contributed by atoms with Gasteiger partial charge >= 0.3 is 0 Å². The molecule has 8 nitrogen and oxygen atoms in total. The van der Waals surface area contributed by atoms with E-state index in [4.69, 9.17) is 0 Å². The number of benzene rings is 2. The van der Waals surface area contributed by atoms with Gasteiger partial charge in [0, 0.05) is 11.2 Å². The average molecular weight is 482 g/mol. The Kier molecular flexibility index (Phi) is 6.15. The molecule has 0 atom stereocenters. The molecule has 0 unspecified atom stereocenters. The van der Waals surface area contributed by atoms with Crippen LogP contribution in [0.15, 0.2) is 77.0 Å². The van der Waals surface area contributed by atoms with Gasteiger partial charge in [0.15, 0.2) is 5.82 Å². The largest absolute Gasteiger partial charge is 0.319 e. The number of carbonyl (C=O) groups is 1. The predicted octanol–water partition coefficient (Wildman–Crippen LogP) is 4.32. The van der Waals surface area contributed by atoms with Crippen LogP contribution in [0.25, 0.3) is 16.4 Å². The molecule has 0 aliphatic heterocycles. The number of nitrogens with one attached hydrogen (secondary N) is 2. The summed E-state index contributed by atoms with van der Waals surface area (Å²) < 4.78 is 29.5. The minimum atomic E-state index is -3.74. The Balaban J connectivity index is 1.64. The van der Waals surface area contributed by atoms with Crippen molar-refractivity contribution >= 4 is 33.0 Å². The van der Waals surface area contributed by atoms with Crippen molar-refractivity contribution in [2.45, 2.75) is 31.2 Å². The summed E-state index contributed by atoms with van der Waals surface area (Å²) in [6.07, 6.45) is 0. The number of carbonyl (C=O) groups excluding carboxylic acids is 1. The topological polar surface area (TPSA) is 106 Å². The van der Waals surface area contributed by atoms with E-state index in [1.165, 1.54) is 23.5 Å².